The number of carbonyl (C=O) groups excluding carboxylic acids is 1. The summed E-state index contributed by atoms with van der Waals surface area (Å²) in [6, 6.07) is 1.81. The van der Waals surface area contributed by atoms with E-state index in [0.717, 1.165) is 12.1 Å². The number of nitrogens with one attached hydrogen (secondary N) is 1. The predicted molar refractivity (Wildman–Crippen MR) is 92.6 cm³/mol. The van der Waals surface area contributed by atoms with Crippen molar-refractivity contribution in [2.45, 2.75) is 51.4 Å². The highest BCUT2D eigenvalue weighted by Crippen LogP contribution is 2.35. The second-order valence-corrected chi connectivity index (χ2v) is 7.40. The molecule has 1 aliphatic heterocycles. The fourth-order valence-corrected chi connectivity index (χ4v) is 2.79. The quantitative estimate of drug-likeness (QED) is 0.611. The molecule has 7 nitrogen and oxygen atoms in total. The maximum Gasteiger partial charge on any atom is 0.416 e. The molecule has 0 saturated carbocycles. The van der Waals surface area contributed by atoms with Gasteiger partial charge in [-0.15, -0.1) is 0 Å². The Hall–Kier alpha value is -2.52. The minimum atomic E-state index is -4.61. The normalized spacial score (nSPS) is 18.1. The maximum absolute atomic E-state index is 12.9. The molecular formula is C17H22F3N3O4. The second-order valence-electron chi connectivity index (χ2n) is 7.40. The molecule has 0 spiro atoms. The van der Waals surface area contributed by atoms with Gasteiger partial charge in [0.1, 0.15) is 11.3 Å². The smallest absolute Gasteiger partial charge is 0.416 e. The lowest BCUT2D eigenvalue weighted by Gasteiger charge is -2.34. The summed E-state index contributed by atoms with van der Waals surface area (Å²) in [4.78, 5) is 24.1. The molecule has 1 aromatic carbocycles. The van der Waals surface area contributed by atoms with Crippen LogP contribution < -0.4 is 5.32 Å². The van der Waals surface area contributed by atoms with Gasteiger partial charge < -0.3 is 15.0 Å². The van der Waals surface area contributed by atoms with Gasteiger partial charge in [0.05, 0.1) is 10.5 Å². The number of ether oxygens (including phenoxy) is 1. The zero-order chi connectivity index (χ0) is 20.4. The summed E-state index contributed by atoms with van der Waals surface area (Å²) in [5, 5.41) is 14.0. The Bertz CT molecular complexity index is 716. The number of alkyl halides is 3. The standard InChI is InChI=1S/C17H22F3N3O4/c1-16(2,3)27-15(24)22-8-4-5-12(10-22)21-13-9-11(17(18,19)20)6-7-14(13)23(25)26/h6-7,9,12,21H,4-5,8,10H2,1-3H3. The molecule has 150 valence electrons. The largest absolute Gasteiger partial charge is 0.444 e. The number of hydrogen-bond acceptors (Lipinski definition) is 5. The highest BCUT2D eigenvalue weighted by Gasteiger charge is 2.33. The topological polar surface area (TPSA) is 84.7 Å². The maximum atomic E-state index is 12.9. The number of likely N-dealkylation sites (tertiary alicyclic amines) is 1. The van der Waals surface area contributed by atoms with E-state index in [1.54, 1.807) is 20.8 Å². The molecule has 1 atom stereocenters. The van der Waals surface area contributed by atoms with E-state index in [0.29, 0.717) is 25.5 Å². The number of carbonyl (C=O) groups is 1. The molecule has 0 radical (unpaired) electrons. The van der Waals surface area contributed by atoms with Gasteiger partial charge in [0.15, 0.2) is 0 Å². The number of amides is 1. The summed E-state index contributed by atoms with van der Waals surface area (Å²) in [5.41, 5.74) is -2.31. The lowest BCUT2D eigenvalue weighted by Crippen LogP contribution is -2.47. The van der Waals surface area contributed by atoms with E-state index in [2.05, 4.69) is 5.32 Å². The molecule has 1 N–H and O–H groups in total. The third kappa shape index (κ3) is 5.73. The SMILES string of the molecule is CC(C)(C)OC(=O)N1CCCC(Nc2cc(C(F)(F)F)ccc2[N+](=O)[O-])C1. The molecule has 27 heavy (non-hydrogen) atoms. The van der Waals surface area contributed by atoms with Gasteiger partial charge in [0.25, 0.3) is 5.69 Å². The minimum absolute atomic E-state index is 0.183. The lowest BCUT2D eigenvalue weighted by molar-refractivity contribution is -0.384. The van der Waals surface area contributed by atoms with Crippen LogP contribution in [0.4, 0.5) is 29.3 Å². The number of nitrogens with zero attached hydrogens (tertiary/aromatic N) is 2. The van der Waals surface area contributed by atoms with Crippen LogP contribution in [0, 0.1) is 10.1 Å². The lowest BCUT2D eigenvalue weighted by atomic mass is 10.0. The van der Waals surface area contributed by atoms with Gasteiger partial charge >= 0.3 is 12.3 Å². The van der Waals surface area contributed by atoms with E-state index in [9.17, 15) is 28.1 Å². The van der Waals surface area contributed by atoms with Crippen molar-refractivity contribution in [3.63, 3.8) is 0 Å². The molecular weight excluding hydrogens is 367 g/mol. The number of benzene rings is 1. The van der Waals surface area contributed by atoms with Crippen molar-refractivity contribution in [2.75, 3.05) is 18.4 Å². The summed E-state index contributed by atoms with van der Waals surface area (Å²) in [5.74, 6) is 0. The van der Waals surface area contributed by atoms with Crippen molar-refractivity contribution in [3.8, 4) is 0 Å². The number of hydrogen-bond donors (Lipinski definition) is 1. The summed E-state index contributed by atoms with van der Waals surface area (Å²) in [6.07, 6.45) is -3.97. The van der Waals surface area contributed by atoms with Crippen LogP contribution in [0.3, 0.4) is 0 Å². The number of nitro groups is 1. The van der Waals surface area contributed by atoms with Gasteiger partial charge in [-0.1, -0.05) is 0 Å². The van der Waals surface area contributed by atoms with Gasteiger partial charge in [0, 0.05) is 25.2 Å². The van der Waals surface area contributed by atoms with Crippen LogP contribution in [0.25, 0.3) is 0 Å². The minimum Gasteiger partial charge on any atom is -0.444 e. The van der Waals surface area contributed by atoms with Crippen molar-refractivity contribution in [2.24, 2.45) is 0 Å². The van der Waals surface area contributed by atoms with E-state index in [4.69, 9.17) is 4.74 Å². The molecule has 1 heterocycles. The third-order valence-corrected chi connectivity index (χ3v) is 3.95. The second kappa shape index (κ2) is 7.61. The molecule has 1 aromatic rings. The monoisotopic (exact) mass is 389 g/mol. The first kappa shape index (κ1) is 20.8. The fraction of sp³-hybridized carbons (Fsp3) is 0.588. The van der Waals surface area contributed by atoms with E-state index in [1.807, 2.05) is 0 Å². The fourth-order valence-electron chi connectivity index (χ4n) is 2.79. The molecule has 0 bridgehead atoms. The Morgan fingerprint density at radius 2 is 2.00 bits per heavy atom. The summed E-state index contributed by atoms with van der Waals surface area (Å²) in [6.45, 7) is 5.84. The highest BCUT2D eigenvalue weighted by atomic mass is 19.4. The zero-order valence-corrected chi connectivity index (χ0v) is 15.3. The number of halogens is 3. The molecule has 0 aromatic heterocycles. The molecule has 1 saturated heterocycles. The van der Waals surface area contributed by atoms with Crippen molar-refractivity contribution in [1.82, 2.24) is 4.90 Å². The van der Waals surface area contributed by atoms with Gasteiger partial charge in [-0.25, -0.2) is 4.79 Å². The third-order valence-electron chi connectivity index (χ3n) is 3.95. The van der Waals surface area contributed by atoms with Crippen LogP contribution in [0.15, 0.2) is 18.2 Å². The summed E-state index contributed by atoms with van der Waals surface area (Å²) < 4.78 is 44.1. The Morgan fingerprint density at radius 3 is 2.56 bits per heavy atom. The molecule has 1 aliphatic rings. The Labute approximate surface area is 154 Å². The average molecular weight is 389 g/mol. The van der Waals surface area contributed by atoms with E-state index in [-0.39, 0.29) is 12.2 Å². The molecule has 10 heteroatoms. The number of anilines is 1. The average Bonchev–Trinajstić information content (AvgIpc) is 2.52. The first-order chi connectivity index (χ1) is 12.4. The van der Waals surface area contributed by atoms with Crippen molar-refractivity contribution < 1.29 is 27.6 Å². The van der Waals surface area contributed by atoms with Crippen LogP contribution in [-0.4, -0.2) is 40.6 Å². The molecule has 1 amide bonds. The van der Waals surface area contributed by atoms with Crippen LogP contribution in [0.2, 0.25) is 0 Å². The van der Waals surface area contributed by atoms with Crippen molar-refractivity contribution >= 4 is 17.5 Å². The first-order valence-electron chi connectivity index (χ1n) is 8.47. The number of piperidine rings is 1. The summed E-state index contributed by atoms with van der Waals surface area (Å²) >= 11 is 0. The van der Waals surface area contributed by atoms with Crippen LogP contribution in [-0.2, 0) is 10.9 Å². The van der Waals surface area contributed by atoms with Crippen LogP contribution in [0.1, 0.15) is 39.2 Å². The predicted octanol–water partition coefficient (Wildman–Crippen LogP) is 4.43. The van der Waals surface area contributed by atoms with E-state index < -0.39 is 40.1 Å². The van der Waals surface area contributed by atoms with Crippen LogP contribution >= 0.6 is 0 Å². The van der Waals surface area contributed by atoms with Crippen molar-refractivity contribution in [1.29, 1.82) is 0 Å². The van der Waals surface area contributed by atoms with E-state index in [1.165, 1.54) is 4.90 Å². The Kier molecular flexibility index (Phi) is 5.86. The number of rotatable bonds is 3. The number of nitro benzene ring substituents is 1. The van der Waals surface area contributed by atoms with Crippen molar-refractivity contribution in [3.05, 3.63) is 33.9 Å². The first-order valence-corrected chi connectivity index (χ1v) is 8.47. The Balaban J connectivity index is 2.18. The molecule has 1 unspecified atom stereocenters. The molecule has 1 fully saturated rings. The Morgan fingerprint density at radius 1 is 1.33 bits per heavy atom. The van der Waals surface area contributed by atoms with Crippen LogP contribution in [0.5, 0.6) is 0 Å². The molecule has 0 aliphatic carbocycles. The van der Waals surface area contributed by atoms with Gasteiger partial charge in [-0.2, -0.15) is 13.2 Å². The van der Waals surface area contributed by atoms with Gasteiger partial charge in [-0.3, -0.25) is 10.1 Å². The summed E-state index contributed by atoms with van der Waals surface area (Å²) in [7, 11) is 0. The zero-order valence-electron chi connectivity index (χ0n) is 15.3. The van der Waals surface area contributed by atoms with Gasteiger partial charge in [0.2, 0.25) is 0 Å². The van der Waals surface area contributed by atoms with E-state index >= 15 is 0 Å². The highest BCUT2D eigenvalue weighted by molar-refractivity contribution is 5.69. The van der Waals surface area contributed by atoms with Gasteiger partial charge in [-0.05, 0) is 45.7 Å². The molecule has 2 rings (SSSR count).